The Hall–Kier alpha value is -1.43. The molecule has 5 nitrogen and oxygen atoms in total. The molecule has 1 fully saturated rings. The quantitative estimate of drug-likeness (QED) is 0.719. The second kappa shape index (κ2) is 6.14. The lowest BCUT2D eigenvalue weighted by Crippen LogP contribution is -2.44. The first-order valence-corrected chi connectivity index (χ1v) is 6.49. The molecule has 1 aliphatic heterocycles. The van der Waals surface area contributed by atoms with Gasteiger partial charge < -0.3 is 20.9 Å². The molecule has 0 saturated carbocycles. The summed E-state index contributed by atoms with van der Waals surface area (Å²) in [7, 11) is 0. The maximum atomic E-state index is 10.9. The Morgan fingerprint density at radius 1 is 1.32 bits per heavy atom. The number of carbonyl (C=O) groups excluding carboxylic acids is 1. The number of amides is 1. The van der Waals surface area contributed by atoms with Gasteiger partial charge in [0.2, 0.25) is 5.91 Å². The SMILES string of the molecule is NC(=O)c1ccc(CNCC2(O)CCOCC2)cc1. The van der Waals surface area contributed by atoms with Crippen molar-refractivity contribution >= 4 is 5.91 Å². The molecule has 1 aliphatic rings. The minimum Gasteiger partial charge on any atom is -0.388 e. The Kier molecular flexibility index (Phi) is 4.52. The largest absolute Gasteiger partial charge is 0.388 e. The third-order valence-corrected chi connectivity index (χ3v) is 3.45. The molecule has 5 heteroatoms. The van der Waals surface area contributed by atoms with Crippen molar-refractivity contribution in [3.8, 4) is 0 Å². The molecule has 2 rings (SSSR count). The minimum absolute atomic E-state index is 0.420. The van der Waals surface area contributed by atoms with Crippen LogP contribution in [0.25, 0.3) is 0 Å². The van der Waals surface area contributed by atoms with E-state index in [4.69, 9.17) is 10.5 Å². The molecular weight excluding hydrogens is 244 g/mol. The highest BCUT2D eigenvalue weighted by atomic mass is 16.5. The Morgan fingerprint density at radius 3 is 2.53 bits per heavy atom. The summed E-state index contributed by atoms with van der Waals surface area (Å²) in [5.74, 6) is -0.420. The van der Waals surface area contributed by atoms with E-state index >= 15 is 0 Å². The van der Waals surface area contributed by atoms with Crippen LogP contribution in [-0.4, -0.2) is 36.4 Å². The zero-order chi connectivity index (χ0) is 13.7. The van der Waals surface area contributed by atoms with Crippen molar-refractivity contribution in [1.82, 2.24) is 5.32 Å². The van der Waals surface area contributed by atoms with E-state index in [0.717, 1.165) is 5.56 Å². The van der Waals surface area contributed by atoms with Crippen LogP contribution in [0.2, 0.25) is 0 Å². The lowest BCUT2D eigenvalue weighted by molar-refractivity contribution is -0.0617. The van der Waals surface area contributed by atoms with Crippen molar-refractivity contribution in [3.63, 3.8) is 0 Å². The number of carbonyl (C=O) groups is 1. The van der Waals surface area contributed by atoms with Gasteiger partial charge in [0, 0.05) is 44.7 Å². The number of hydrogen-bond acceptors (Lipinski definition) is 4. The van der Waals surface area contributed by atoms with Gasteiger partial charge in [-0.3, -0.25) is 4.79 Å². The van der Waals surface area contributed by atoms with Crippen molar-refractivity contribution in [2.45, 2.75) is 25.0 Å². The fourth-order valence-corrected chi connectivity index (χ4v) is 2.15. The first kappa shape index (κ1) is 14.0. The van der Waals surface area contributed by atoms with Crippen LogP contribution >= 0.6 is 0 Å². The zero-order valence-electron chi connectivity index (χ0n) is 10.9. The predicted octanol–water partition coefficient (Wildman–Crippen LogP) is 0.417. The summed E-state index contributed by atoms with van der Waals surface area (Å²) in [6, 6.07) is 7.15. The molecule has 4 N–H and O–H groups in total. The minimum atomic E-state index is -0.661. The topological polar surface area (TPSA) is 84.6 Å². The van der Waals surface area contributed by atoms with Gasteiger partial charge in [0.15, 0.2) is 0 Å². The van der Waals surface area contributed by atoms with Gasteiger partial charge in [-0.15, -0.1) is 0 Å². The molecule has 0 bridgehead atoms. The van der Waals surface area contributed by atoms with Crippen molar-refractivity contribution in [2.24, 2.45) is 5.73 Å². The van der Waals surface area contributed by atoms with E-state index in [9.17, 15) is 9.90 Å². The summed E-state index contributed by atoms with van der Waals surface area (Å²) in [6.07, 6.45) is 1.33. The summed E-state index contributed by atoms with van der Waals surface area (Å²) in [5.41, 5.74) is 6.08. The van der Waals surface area contributed by atoms with Crippen LogP contribution in [0.1, 0.15) is 28.8 Å². The Morgan fingerprint density at radius 2 is 1.95 bits per heavy atom. The van der Waals surface area contributed by atoms with Crippen LogP contribution < -0.4 is 11.1 Å². The van der Waals surface area contributed by atoms with Crippen LogP contribution in [0.3, 0.4) is 0 Å². The number of aliphatic hydroxyl groups is 1. The summed E-state index contributed by atoms with van der Waals surface area (Å²) >= 11 is 0. The molecule has 0 atom stereocenters. The molecule has 1 heterocycles. The monoisotopic (exact) mass is 264 g/mol. The first-order chi connectivity index (χ1) is 9.09. The van der Waals surface area contributed by atoms with Gasteiger partial charge in [-0.1, -0.05) is 12.1 Å². The summed E-state index contributed by atoms with van der Waals surface area (Å²) < 4.78 is 5.23. The molecule has 0 aromatic heterocycles. The van der Waals surface area contributed by atoms with E-state index in [-0.39, 0.29) is 0 Å². The van der Waals surface area contributed by atoms with Gasteiger partial charge in [0.25, 0.3) is 0 Å². The second-order valence-electron chi connectivity index (χ2n) is 5.00. The number of rotatable bonds is 5. The summed E-state index contributed by atoms with van der Waals surface area (Å²) in [4.78, 5) is 10.9. The smallest absolute Gasteiger partial charge is 0.248 e. The molecule has 19 heavy (non-hydrogen) atoms. The highest BCUT2D eigenvalue weighted by molar-refractivity contribution is 5.92. The molecule has 0 radical (unpaired) electrons. The average Bonchev–Trinajstić information content (AvgIpc) is 2.40. The maximum absolute atomic E-state index is 10.9. The molecule has 1 saturated heterocycles. The molecule has 0 unspecified atom stereocenters. The molecule has 0 spiro atoms. The van der Waals surface area contributed by atoms with E-state index in [1.54, 1.807) is 12.1 Å². The number of nitrogens with one attached hydrogen (secondary N) is 1. The van der Waals surface area contributed by atoms with Gasteiger partial charge in [0.05, 0.1) is 5.60 Å². The van der Waals surface area contributed by atoms with E-state index < -0.39 is 11.5 Å². The van der Waals surface area contributed by atoms with Gasteiger partial charge in [-0.2, -0.15) is 0 Å². The van der Waals surface area contributed by atoms with Crippen LogP contribution in [0.4, 0.5) is 0 Å². The lowest BCUT2D eigenvalue weighted by Gasteiger charge is -2.32. The molecule has 1 aromatic carbocycles. The van der Waals surface area contributed by atoms with Gasteiger partial charge in [-0.05, 0) is 17.7 Å². The molecular formula is C14H20N2O3. The number of hydrogen-bond donors (Lipinski definition) is 3. The number of primary amides is 1. The Labute approximate surface area is 112 Å². The number of nitrogens with two attached hydrogens (primary N) is 1. The average molecular weight is 264 g/mol. The van der Waals surface area contributed by atoms with E-state index in [0.29, 0.717) is 44.7 Å². The standard InChI is InChI=1S/C14H20N2O3/c15-13(17)12-3-1-11(2-4-12)9-16-10-14(18)5-7-19-8-6-14/h1-4,16,18H,5-10H2,(H2,15,17). The maximum Gasteiger partial charge on any atom is 0.248 e. The third kappa shape index (κ3) is 4.02. The number of benzene rings is 1. The van der Waals surface area contributed by atoms with Crippen LogP contribution in [0.5, 0.6) is 0 Å². The molecule has 1 amide bonds. The molecule has 1 aromatic rings. The van der Waals surface area contributed by atoms with E-state index in [1.165, 1.54) is 0 Å². The van der Waals surface area contributed by atoms with E-state index in [2.05, 4.69) is 5.32 Å². The van der Waals surface area contributed by atoms with Crippen molar-refractivity contribution in [1.29, 1.82) is 0 Å². The lowest BCUT2D eigenvalue weighted by atomic mass is 9.94. The van der Waals surface area contributed by atoms with Crippen molar-refractivity contribution in [3.05, 3.63) is 35.4 Å². The zero-order valence-corrected chi connectivity index (χ0v) is 10.9. The highest BCUT2D eigenvalue weighted by Gasteiger charge is 2.28. The van der Waals surface area contributed by atoms with Gasteiger partial charge in [0.1, 0.15) is 0 Å². The highest BCUT2D eigenvalue weighted by Crippen LogP contribution is 2.19. The van der Waals surface area contributed by atoms with Crippen LogP contribution in [0.15, 0.2) is 24.3 Å². The third-order valence-electron chi connectivity index (χ3n) is 3.45. The first-order valence-electron chi connectivity index (χ1n) is 6.49. The molecule has 0 aliphatic carbocycles. The second-order valence-corrected chi connectivity index (χ2v) is 5.00. The summed E-state index contributed by atoms with van der Waals surface area (Å²) in [5, 5.41) is 13.5. The van der Waals surface area contributed by atoms with Crippen molar-refractivity contribution in [2.75, 3.05) is 19.8 Å². The van der Waals surface area contributed by atoms with Crippen molar-refractivity contribution < 1.29 is 14.6 Å². The van der Waals surface area contributed by atoms with Crippen LogP contribution in [0, 0.1) is 0 Å². The normalized spacial score (nSPS) is 18.2. The summed E-state index contributed by atoms with van der Waals surface area (Å²) in [6.45, 7) is 2.44. The van der Waals surface area contributed by atoms with Gasteiger partial charge >= 0.3 is 0 Å². The van der Waals surface area contributed by atoms with Crippen LogP contribution in [-0.2, 0) is 11.3 Å². The fraction of sp³-hybridized carbons (Fsp3) is 0.500. The number of ether oxygens (including phenoxy) is 1. The van der Waals surface area contributed by atoms with E-state index in [1.807, 2.05) is 12.1 Å². The Bertz CT molecular complexity index is 425. The van der Waals surface area contributed by atoms with Gasteiger partial charge in [-0.25, -0.2) is 0 Å². The molecule has 104 valence electrons. The Balaban J connectivity index is 1.80. The predicted molar refractivity (Wildman–Crippen MR) is 71.7 cm³/mol. The fourth-order valence-electron chi connectivity index (χ4n) is 2.15.